The van der Waals surface area contributed by atoms with Crippen LogP contribution in [0, 0.1) is 10.1 Å². The molecule has 0 radical (unpaired) electrons. The Kier molecular flexibility index (Phi) is 4.79. The van der Waals surface area contributed by atoms with Crippen LogP contribution in [0.2, 0.25) is 0 Å². The molecule has 1 saturated heterocycles. The summed E-state index contributed by atoms with van der Waals surface area (Å²) in [5.74, 6) is 0.362. The van der Waals surface area contributed by atoms with Crippen molar-refractivity contribution >= 4 is 11.4 Å². The number of para-hydroxylation sites is 1. The van der Waals surface area contributed by atoms with E-state index in [1.165, 1.54) is 0 Å². The van der Waals surface area contributed by atoms with Gasteiger partial charge in [0.15, 0.2) is 5.75 Å². The normalized spacial score (nSPS) is 18.9. The predicted octanol–water partition coefficient (Wildman–Crippen LogP) is 2.18. The van der Waals surface area contributed by atoms with E-state index in [2.05, 4.69) is 17.1 Å². The molecule has 20 heavy (non-hydrogen) atoms. The molecule has 0 saturated carbocycles. The van der Waals surface area contributed by atoms with E-state index in [1.807, 2.05) is 13.0 Å². The SMILES string of the molecule is CCCOc1cccc(N2CCN[C@H](C)C2)c1[N+](=O)[O-]. The van der Waals surface area contributed by atoms with E-state index in [1.54, 1.807) is 12.1 Å². The molecule has 0 aliphatic carbocycles. The van der Waals surface area contributed by atoms with E-state index >= 15 is 0 Å². The van der Waals surface area contributed by atoms with Crippen LogP contribution in [0.1, 0.15) is 20.3 Å². The molecule has 1 atom stereocenters. The first-order valence-corrected chi connectivity index (χ1v) is 7.02. The Balaban J connectivity index is 2.33. The van der Waals surface area contributed by atoms with Crippen LogP contribution in [0.3, 0.4) is 0 Å². The van der Waals surface area contributed by atoms with Crippen molar-refractivity contribution in [1.82, 2.24) is 5.32 Å². The minimum Gasteiger partial charge on any atom is -0.487 e. The summed E-state index contributed by atoms with van der Waals surface area (Å²) in [5, 5.41) is 14.7. The summed E-state index contributed by atoms with van der Waals surface area (Å²) in [6, 6.07) is 5.61. The molecule has 6 nitrogen and oxygen atoms in total. The van der Waals surface area contributed by atoms with Crippen molar-refractivity contribution in [3.8, 4) is 5.75 Å². The van der Waals surface area contributed by atoms with E-state index in [9.17, 15) is 10.1 Å². The summed E-state index contributed by atoms with van der Waals surface area (Å²) in [6.07, 6.45) is 0.825. The van der Waals surface area contributed by atoms with Gasteiger partial charge in [0.25, 0.3) is 0 Å². The Hall–Kier alpha value is -1.82. The minimum absolute atomic E-state index is 0.0788. The van der Waals surface area contributed by atoms with Crippen LogP contribution in [-0.2, 0) is 0 Å². The standard InChI is InChI=1S/C14H21N3O3/c1-3-9-20-13-6-4-5-12(14(13)17(18)19)16-8-7-15-11(2)10-16/h4-6,11,15H,3,7-10H2,1-2H3/t11-/m1/s1. The number of hydrogen-bond acceptors (Lipinski definition) is 5. The number of nitrogens with zero attached hydrogens (tertiary/aromatic N) is 2. The van der Waals surface area contributed by atoms with Crippen molar-refractivity contribution in [1.29, 1.82) is 0 Å². The van der Waals surface area contributed by atoms with Gasteiger partial charge in [0, 0.05) is 25.7 Å². The van der Waals surface area contributed by atoms with E-state index in [0.29, 0.717) is 24.1 Å². The molecule has 1 aromatic carbocycles. The second-order valence-corrected chi connectivity index (χ2v) is 5.03. The maximum absolute atomic E-state index is 11.4. The van der Waals surface area contributed by atoms with Gasteiger partial charge in [-0.2, -0.15) is 0 Å². The molecule has 0 bridgehead atoms. The first-order chi connectivity index (χ1) is 9.63. The second-order valence-electron chi connectivity index (χ2n) is 5.03. The predicted molar refractivity (Wildman–Crippen MR) is 78.6 cm³/mol. The molecule has 1 aliphatic heterocycles. The maximum atomic E-state index is 11.4. The van der Waals surface area contributed by atoms with E-state index in [0.717, 1.165) is 26.1 Å². The Morgan fingerprint density at radius 1 is 1.55 bits per heavy atom. The third-order valence-electron chi connectivity index (χ3n) is 3.33. The average Bonchev–Trinajstić information content (AvgIpc) is 2.44. The minimum atomic E-state index is -0.340. The van der Waals surface area contributed by atoms with Crippen LogP contribution in [-0.4, -0.2) is 37.2 Å². The second kappa shape index (κ2) is 6.56. The molecule has 0 unspecified atom stereocenters. The number of piperazine rings is 1. The molecule has 1 aliphatic rings. The lowest BCUT2D eigenvalue weighted by atomic mass is 10.1. The highest BCUT2D eigenvalue weighted by molar-refractivity contribution is 5.70. The number of nitrogens with one attached hydrogen (secondary N) is 1. The monoisotopic (exact) mass is 279 g/mol. The topological polar surface area (TPSA) is 67.6 Å². The van der Waals surface area contributed by atoms with Crippen molar-refractivity contribution in [2.45, 2.75) is 26.3 Å². The fourth-order valence-corrected chi connectivity index (χ4v) is 2.43. The molecule has 1 fully saturated rings. The number of nitro benzene ring substituents is 1. The summed E-state index contributed by atoms with van der Waals surface area (Å²) in [6.45, 7) is 6.91. The molecular formula is C14H21N3O3. The van der Waals surface area contributed by atoms with Gasteiger partial charge in [-0.1, -0.05) is 13.0 Å². The number of hydrogen-bond donors (Lipinski definition) is 1. The Morgan fingerprint density at radius 3 is 3.00 bits per heavy atom. The summed E-state index contributed by atoms with van der Waals surface area (Å²) < 4.78 is 5.52. The first kappa shape index (κ1) is 14.6. The number of ether oxygens (including phenoxy) is 1. The number of nitro groups is 1. The fourth-order valence-electron chi connectivity index (χ4n) is 2.43. The van der Waals surface area contributed by atoms with E-state index < -0.39 is 0 Å². The zero-order valence-corrected chi connectivity index (χ0v) is 12.0. The summed E-state index contributed by atoms with van der Waals surface area (Å²) in [5.41, 5.74) is 0.729. The third kappa shape index (κ3) is 3.19. The first-order valence-electron chi connectivity index (χ1n) is 7.02. The Labute approximate surface area is 118 Å². The van der Waals surface area contributed by atoms with Gasteiger partial charge in [-0.25, -0.2) is 0 Å². The molecule has 110 valence electrons. The molecule has 0 aromatic heterocycles. The lowest BCUT2D eigenvalue weighted by Crippen LogP contribution is -2.49. The highest BCUT2D eigenvalue weighted by Crippen LogP contribution is 2.37. The van der Waals surface area contributed by atoms with Crippen LogP contribution in [0.25, 0.3) is 0 Å². The van der Waals surface area contributed by atoms with Crippen molar-refractivity contribution in [2.75, 3.05) is 31.1 Å². The van der Waals surface area contributed by atoms with Crippen molar-refractivity contribution in [3.05, 3.63) is 28.3 Å². The van der Waals surface area contributed by atoms with Crippen molar-refractivity contribution < 1.29 is 9.66 Å². The maximum Gasteiger partial charge on any atom is 0.333 e. The zero-order chi connectivity index (χ0) is 14.5. The van der Waals surface area contributed by atoms with Crippen LogP contribution >= 0.6 is 0 Å². The molecule has 1 aromatic rings. The van der Waals surface area contributed by atoms with Gasteiger partial charge in [0.2, 0.25) is 0 Å². The summed E-state index contributed by atoms with van der Waals surface area (Å²) in [4.78, 5) is 13.1. The molecule has 1 heterocycles. The third-order valence-corrected chi connectivity index (χ3v) is 3.33. The summed E-state index contributed by atoms with van der Waals surface area (Å²) in [7, 11) is 0. The van der Waals surface area contributed by atoms with Crippen molar-refractivity contribution in [3.63, 3.8) is 0 Å². The average molecular weight is 279 g/mol. The highest BCUT2D eigenvalue weighted by atomic mass is 16.6. The number of anilines is 1. The Morgan fingerprint density at radius 2 is 2.35 bits per heavy atom. The van der Waals surface area contributed by atoms with Gasteiger partial charge in [-0.3, -0.25) is 10.1 Å². The van der Waals surface area contributed by atoms with Crippen LogP contribution in [0.5, 0.6) is 5.75 Å². The summed E-state index contributed by atoms with van der Waals surface area (Å²) >= 11 is 0. The van der Waals surface area contributed by atoms with Crippen LogP contribution in [0.4, 0.5) is 11.4 Å². The van der Waals surface area contributed by atoms with Crippen LogP contribution < -0.4 is 15.0 Å². The molecule has 6 heteroatoms. The van der Waals surface area contributed by atoms with Gasteiger partial charge in [-0.15, -0.1) is 0 Å². The number of benzene rings is 1. The molecule has 1 N–H and O–H groups in total. The van der Waals surface area contributed by atoms with Gasteiger partial charge in [-0.05, 0) is 25.5 Å². The smallest absolute Gasteiger partial charge is 0.333 e. The fraction of sp³-hybridized carbons (Fsp3) is 0.571. The molecule has 2 rings (SSSR count). The molecule has 0 amide bonds. The van der Waals surface area contributed by atoms with Gasteiger partial charge < -0.3 is 15.0 Å². The Bertz CT molecular complexity index is 479. The van der Waals surface area contributed by atoms with Crippen LogP contribution in [0.15, 0.2) is 18.2 Å². The van der Waals surface area contributed by atoms with Gasteiger partial charge in [0.1, 0.15) is 5.69 Å². The zero-order valence-electron chi connectivity index (χ0n) is 12.0. The molecular weight excluding hydrogens is 258 g/mol. The van der Waals surface area contributed by atoms with Gasteiger partial charge >= 0.3 is 5.69 Å². The quantitative estimate of drug-likeness (QED) is 0.661. The largest absolute Gasteiger partial charge is 0.487 e. The molecule has 0 spiro atoms. The van der Waals surface area contributed by atoms with E-state index in [-0.39, 0.29) is 10.6 Å². The number of rotatable bonds is 5. The highest BCUT2D eigenvalue weighted by Gasteiger charge is 2.27. The lowest BCUT2D eigenvalue weighted by molar-refractivity contribution is -0.385. The van der Waals surface area contributed by atoms with E-state index in [4.69, 9.17) is 4.74 Å². The van der Waals surface area contributed by atoms with Crippen molar-refractivity contribution in [2.24, 2.45) is 0 Å². The lowest BCUT2D eigenvalue weighted by Gasteiger charge is -2.33. The van der Waals surface area contributed by atoms with Gasteiger partial charge in [0.05, 0.1) is 11.5 Å².